The first-order valence-electron chi connectivity index (χ1n) is 9.48. The number of nitrogens with zero attached hydrogens (tertiary/aromatic N) is 2. The van der Waals surface area contributed by atoms with Crippen molar-refractivity contribution in [1.29, 1.82) is 0 Å². The molecule has 142 valence electrons. The van der Waals surface area contributed by atoms with Crippen LogP contribution in [0, 0.1) is 6.92 Å². The molecule has 3 heterocycles. The number of hydrazine groups is 1. The summed E-state index contributed by atoms with van der Waals surface area (Å²) in [6.07, 6.45) is 1.22. The minimum atomic E-state index is 0.0960. The van der Waals surface area contributed by atoms with Crippen LogP contribution in [0.15, 0.2) is 35.7 Å². The van der Waals surface area contributed by atoms with Crippen LogP contribution in [0.4, 0.5) is 0 Å². The molecule has 4 rings (SSSR count). The summed E-state index contributed by atoms with van der Waals surface area (Å²) < 4.78 is 0. The van der Waals surface area contributed by atoms with Crippen LogP contribution in [-0.2, 0) is 11.2 Å². The summed E-state index contributed by atoms with van der Waals surface area (Å²) in [6.45, 7) is 5.86. The Morgan fingerprint density at radius 3 is 2.78 bits per heavy atom. The Balaban J connectivity index is 1.51. The number of H-pyrrole nitrogens is 1. The number of piperazine rings is 1. The molecular weight excluding hydrogens is 356 g/mol. The van der Waals surface area contributed by atoms with Gasteiger partial charge in [-0.15, -0.1) is 11.3 Å². The van der Waals surface area contributed by atoms with Crippen molar-refractivity contribution in [3.05, 3.63) is 46.8 Å². The number of benzene rings is 1. The Hall–Kier alpha value is -2.15. The normalized spacial score (nSPS) is 16.1. The number of amides is 1. The lowest BCUT2D eigenvalue weighted by Gasteiger charge is -2.32. The molecule has 2 N–H and O–H groups in total. The topological polar surface area (TPSA) is 51.4 Å². The second kappa shape index (κ2) is 7.84. The number of aromatic amines is 1. The molecule has 1 saturated heterocycles. The van der Waals surface area contributed by atoms with Gasteiger partial charge in [-0.05, 0) is 49.5 Å². The van der Waals surface area contributed by atoms with E-state index in [0.29, 0.717) is 6.42 Å². The van der Waals surface area contributed by atoms with Gasteiger partial charge in [-0.3, -0.25) is 10.2 Å². The molecule has 2 aromatic heterocycles. The van der Waals surface area contributed by atoms with Crippen LogP contribution in [0.1, 0.15) is 17.5 Å². The molecule has 1 aliphatic rings. The summed E-state index contributed by atoms with van der Waals surface area (Å²) in [7, 11) is 2.12. The molecule has 6 heteroatoms. The maximum Gasteiger partial charge on any atom is 0.234 e. The van der Waals surface area contributed by atoms with E-state index in [1.807, 2.05) is 5.01 Å². The van der Waals surface area contributed by atoms with Crippen molar-refractivity contribution in [3.8, 4) is 10.6 Å². The van der Waals surface area contributed by atoms with Gasteiger partial charge in [0.15, 0.2) is 0 Å². The molecule has 0 spiro atoms. The zero-order chi connectivity index (χ0) is 18.8. The van der Waals surface area contributed by atoms with E-state index in [9.17, 15) is 4.79 Å². The number of carbonyl (C=O) groups excluding carboxylic acids is 1. The van der Waals surface area contributed by atoms with Crippen LogP contribution >= 0.6 is 11.3 Å². The smallest absolute Gasteiger partial charge is 0.234 e. The second-order valence-corrected chi connectivity index (χ2v) is 8.28. The molecule has 0 bridgehead atoms. The number of thiophene rings is 1. The Morgan fingerprint density at radius 2 is 2.04 bits per heavy atom. The first-order valence-corrected chi connectivity index (χ1v) is 10.4. The van der Waals surface area contributed by atoms with Gasteiger partial charge in [-0.25, -0.2) is 5.01 Å². The molecule has 1 fully saturated rings. The molecule has 0 saturated carbocycles. The Bertz CT molecular complexity index is 923. The van der Waals surface area contributed by atoms with Gasteiger partial charge in [0, 0.05) is 43.5 Å². The summed E-state index contributed by atoms with van der Waals surface area (Å²) in [5.74, 6) is 0.0960. The summed E-state index contributed by atoms with van der Waals surface area (Å²) >= 11 is 1.73. The quantitative estimate of drug-likeness (QED) is 0.711. The average Bonchev–Trinajstić information content (AvgIpc) is 3.29. The molecule has 0 atom stereocenters. The Morgan fingerprint density at radius 1 is 1.22 bits per heavy atom. The molecule has 0 unspecified atom stereocenters. The number of aryl methyl sites for hydroxylation is 2. The first kappa shape index (κ1) is 18.2. The molecule has 27 heavy (non-hydrogen) atoms. The van der Waals surface area contributed by atoms with E-state index >= 15 is 0 Å². The van der Waals surface area contributed by atoms with Crippen LogP contribution in [0.2, 0.25) is 0 Å². The van der Waals surface area contributed by atoms with E-state index in [-0.39, 0.29) is 5.91 Å². The Labute approximate surface area is 163 Å². The third-order valence-corrected chi connectivity index (χ3v) is 6.10. The minimum absolute atomic E-state index is 0.0960. The van der Waals surface area contributed by atoms with Gasteiger partial charge in [0.05, 0.1) is 10.6 Å². The largest absolute Gasteiger partial charge is 0.354 e. The van der Waals surface area contributed by atoms with Gasteiger partial charge >= 0.3 is 0 Å². The molecule has 0 aliphatic carbocycles. The van der Waals surface area contributed by atoms with E-state index < -0.39 is 0 Å². The summed E-state index contributed by atoms with van der Waals surface area (Å²) in [4.78, 5) is 19.6. The summed E-state index contributed by atoms with van der Waals surface area (Å²) in [5, 5.41) is 5.36. The predicted octanol–water partition coefficient (Wildman–Crippen LogP) is 3.42. The van der Waals surface area contributed by atoms with E-state index in [4.69, 9.17) is 0 Å². The molecular formula is C21H26N4OS. The SMILES string of the molecule is Cc1ccc2[nH]c(-c3cccs3)c(CCC(=O)NN3CCN(C)CC3)c2c1. The van der Waals surface area contributed by atoms with Gasteiger partial charge in [-0.1, -0.05) is 17.7 Å². The third kappa shape index (κ3) is 4.08. The monoisotopic (exact) mass is 382 g/mol. The van der Waals surface area contributed by atoms with E-state index in [1.165, 1.54) is 21.4 Å². The lowest BCUT2D eigenvalue weighted by molar-refractivity contribution is -0.126. The number of hydrogen-bond donors (Lipinski definition) is 2. The van der Waals surface area contributed by atoms with Crippen LogP contribution < -0.4 is 5.43 Å². The standard InChI is InChI=1S/C21H26N4OS/c1-15-5-7-18-17(14-15)16(21(22-18)19-4-3-13-27-19)6-8-20(26)23-25-11-9-24(2)10-12-25/h3-5,7,13-14,22H,6,8-12H2,1-2H3,(H,23,26). The molecule has 1 amide bonds. The van der Waals surface area contributed by atoms with Crippen molar-refractivity contribution in [2.75, 3.05) is 33.2 Å². The molecule has 3 aromatic rings. The fourth-order valence-electron chi connectivity index (χ4n) is 3.64. The highest BCUT2D eigenvalue weighted by Crippen LogP contribution is 2.34. The van der Waals surface area contributed by atoms with Crippen LogP contribution in [0.25, 0.3) is 21.5 Å². The van der Waals surface area contributed by atoms with Crippen molar-refractivity contribution in [2.24, 2.45) is 0 Å². The third-order valence-electron chi connectivity index (χ3n) is 5.22. The van der Waals surface area contributed by atoms with Crippen molar-refractivity contribution in [2.45, 2.75) is 19.8 Å². The molecule has 0 radical (unpaired) electrons. The number of hydrogen-bond acceptors (Lipinski definition) is 4. The van der Waals surface area contributed by atoms with E-state index in [0.717, 1.165) is 43.8 Å². The van der Waals surface area contributed by atoms with Gasteiger partial charge < -0.3 is 9.88 Å². The van der Waals surface area contributed by atoms with Crippen LogP contribution in [0.5, 0.6) is 0 Å². The summed E-state index contributed by atoms with van der Waals surface area (Å²) in [6, 6.07) is 10.7. The fraction of sp³-hybridized carbons (Fsp3) is 0.381. The number of rotatable bonds is 5. The number of aromatic nitrogens is 1. The van der Waals surface area contributed by atoms with E-state index in [1.54, 1.807) is 11.3 Å². The van der Waals surface area contributed by atoms with Crippen molar-refractivity contribution in [1.82, 2.24) is 20.3 Å². The number of carbonyl (C=O) groups is 1. The number of likely N-dealkylation sites (N-methyl/N-ethyl adjacent to an activating group) is 1. The lowest BCUT2D eigenvalue weighted by Crippen LogP contribution is -2.52. The van der Waals surface area contributed by atoms with Gasteiger partial charge in [0.1, 0.15) is 0 Å². The lowest BCUT2D eigenvalue weighted by atomic mass is 10.0. The van der Waals surface area contributed by atoms with Gasteiger partial charge in [0.25, 0.3) is 0 Å². The van der Waals surface area contributed by atoms with Crippen molar-refractivity contribution >= 4 is 28.1 Å². The molecule has 1 aromatic carbocycles. The molecule has 5 nitrogen and oxygen atoms in total. The second-order valence-electron chi connectivity index (χ2n) is 7.33. The maximum absolute atomic E-state index is 12.5. The van der Waals surface area contributed by atoms with Crippen molar-refractivity contribution in [3.63, 3.8) is 0 Å². The summed E-state index contributed by atoms with van der Waals surface area (Å²) in [5.41, 5.74) is 7.84. The number of fused-ring (bicyclic) bond motifs is 1. The molecule has 1 aliphatic heterocycles. The highest BCUT2D eigenvalue weighted by atomic mass is 32.1. The van der Waals surface area contributed by atoms with Crippen molar-refractivity contribution < 1.29 is 4.79 Å². The van der Waals surface area contributed by atoms with Gasteiger partial charge in [-0.2, -0.15) is 0 Å². The first-order chi connectivity index (χ1) is 13.1. The van der Waals surface area contributed by atoms with Crippen LogP contribution in [-0.4, -0.2) is 54.0 Å². The minimum Gasteiger partial charge on any atom is -0.354 e. The predicted molar refractivity (Wildman–Crippen MR) is 112 cm³/mol. The maximum atomic E-state index is 12.5. The Kier molecular flexibility index (Phi) is 5.29. The van der Waals surface area contributed by atoms with Crippen LogP contribution in [0.3, 0.4) is 0 Å². The van der Waals surface area contributed by atoms with E-state index in [2.05, 4.69) is 65.0 Å². The zero-order valence-corrected chi connectivity index (χ0v) is 16.7. The fourth-order valence-corrected chi connectivity index (χ4v) is 4.39. The van der Waals surface area contributed by atoms with Gasteiger partial charge in [0.2, 0.25) is 5.91 Å². The average molecular weight is 383 g/mol. The number of nitrogens with one attached hydrogen (secondary N) is 2. The highest BCUT2D eigenvalue weighted by molar-refractivity contribution is 7.13. The zero-order valence-electron chi connectivity index (χ0n) is 15.9. The highest BCUT2D eigenvalue weighted by Gasteiger charge is 2.18.